The maximum Gasteiger partial charge on any atom is 0.269 e. The van der Waals surface area contributed by atoms with Crippen LogP contribution >= 0.6 is 27.5 Å². The lowest BCUT2D eigenvalue weighted by atomic mass is 10.1. The van der Waals surface area contributed by atoms with Crippen molar-refractivity contribution in [2.24, 2.45) is 5.16 Å². The van der Waals surface area contributed by atoms with E-state index in [1.165, 1.54) is 24.4 Å². The molecule has 0 spiro atoms. The molecule has 1 amide bonds. The van der Waals surface area contributed by atoms with Crippen molar-refractivity contribution in [3.8, 4) is 5.75 Å². The SMILES string of the molecule is CC(C)(Oc1ccc(Cl)cc1)C(=O)Nc1nonc1/C=N/ONc1ccc(F)c(Br)c1. The Labute approximate surface area is 189 Å². The van der Waals surface area contributed by atoms with Crippen LogP contribution in [0.1, 0.15) is 19.5 Å². The van der Waals surface area contributed by atoms with E-state index in [-0.39, 0.29) is 16.0 Å². The molecule has 31 heavy (non-hydrogen) atoms. The lowest BCUT2D eigenvalue weighted by molar-refractivity contribution is -0.128. The Morgan fingerprint density at radius 2 is 2.00 bits per heavy atom. The Hall–Kier alpha value is -3.18. The maximum absolute atomic E-state index is 13.2. The summed E-state index contributed by atoms with van der Waals surface area (Å²) in [7, 11) is 0. The molecule has 0 bridgehead atoms. The minimum atomic E-state index is -1.24. The van der Waals surface area contributed by atoms with Crippen LogP contribution < -0.4 is 15.5 Å². The summed E-state index contributed by atoms with van der Waals surface area (Å²) in [5.74, 6) is -0.416. The second-order valence-electron chi connectivity index (χ2n) is 6.58. The standard InChI is InChI=1S/C19H16BrClFN5O4/c1-19(2,29-13-6-3-11(21)4-7-13)18(28)24-17-16(26-31-27-17)10-23-30-25-12-5-8-15(22)14(20)9-12/h3-10,25H,1-2H3,(H,24,27,28)/b23-10+. The Kier molecular flexibility index (Phi) is 7.08. The number of ether oxygens (including phenoxy) is 1. The first-order valence-electron chi connectivity index (χ1n) is 8.73. The summed E-state index contributed by atoms with van der Waals surface area (Å²) in [6, 6.07) is 10.8. The fraction of sp³-hybridized carbons (Fsp3) is 0.158. The van der Waals surface area contributed by atoms with E-state index in [4.69, 9.17) is 21.3 Å². The van der Waals surface area contributed by atoms with E-state index in [1.807, 2.05) is 0 Å². The summed E-state index contributed by atoms with van der Waals surface area (Å²) in [5.41, 5.74) is 1.83. The fourth-order valence-electron chi connectivity index (χ4n) is 2.18. The van der Waals surface area contributed by atoms with Crippen molar-refractivity contribution in [2.75, 3.05) is 10.8 Å². The van der Waals surface area contributed by atoms with Gasteiger partial charge in [-0.3, -0.25) is 9.73 Å². The zero-order valence-electron chi connectivity index (χ0n) is 16.2. The molecule has 0 saturated carbocycles. The van der Waals surface area contributed by atoms with Gasteiger partial charge in [0.2, 0.25) is 5.82 Å². The summed E-state index contributed by atoms with van der Waals surface area (Å²) in [6.07, 6.45) is 1.17. The molecule has 0 radical (unpaired) electrons. The van der Waals surface area contributed by atoms with E-state index in [2.05, 4.69) is 46.8 Å². The van der Waals surface area contributed by atoms with Gasteiger partial charge in [-0.1, -0.05) is 16.8 Å². The number of hydrogen-bond acceptors (Lipinski definition) is 8. The number of benzene rings is 2. The third-order valence-electron chi connectivity index (χ3n) is 3.79. The second kappa shape index (κ2) is 9.75. The van der Waals surface area contributed by atoms with Crippen molar-refractivity contribution in [1.82, 2.24) is 10.3 Å². The number of anilines is 2. The summed E-state index contributed by atoms with van der Waals surface area (Å²) in [6.45, 7) is 3.18. The Morgan fingerprint density at radius 1 is 1.26 bits per heavy atom. The molecule has 12 heteroatoms. The van der Waals surface area contributed by atoms with Gasteiger partial charge in [0.05, 0.1) is 10.2 Å². The minimum Gasteiger partial charge on any atom is -0.478 e. The van der Waals surface area contributed by atoms with Crippen molar-refractivity contribution in [3.05, 3.63) is 63.5 Å². The molecule has 0 aliphatic carbocycles. The molecule has 2 aromatic carbocycles. The quantitative estimate of drug-likeness (QED) is 0.329. The molecule has 162 valence electrons. The number of aromatic nitrogens is 2. The average Bonchev–Trinajstić information content (AvgIpc) is 3.16. The molecule has 3 aromatic rings. The van der Waals surface area contributed by atoms with Gasteiger partial charge in [0.1, 0.15) is 17.8 Å². The molecule has 1 heterocycles. The lowest BCUT2D eigenvalue weighted by Crippen LogP contribution is -2.42. The lowest BCUT2D eigenvalue weighted by Gasteiger charge is -2.24. The van der Waals surface area contributed by atoms with Crippen molar-refractivity contribution in [2.45, 2.75) is 19.4 Å². The van der Waals surface area contributed by atoms with Crippen LogP contribution in [0.15, 0.2) is 56.7 Å². The third-order valence-corrected chi connectivity index (χ3v) is 4.65. The molecule has 0 saturated heterocycles. The Morgan fingerprint density at radius 3 is 2.71 bits per heavy atom. The summed E-state index contributed by atoms with van der Waals surface area (Å²) in [5, 5.41) is 14.1. The van der Waals surface area contributed by atoms with Crippen molar-refractivity contribution >= 4 is 51.2 Å². The zero-order valence-corrected chi connectivity index (χ0v) is 18.6. The van der Waals surface area contributed by atoms with Gasteiger partial charge in [0, 0.05) is 5.02 Å². The van der Waals surface area contributed by atoms with Gasteiger partial charge in [-0.05, 0) is 82.6 Å². The van der Waals surface area contributed by atoms with Crippen LogP contribution in [0.4, 0.5) is 15.9 Å². The number of nitrogens with one attached hydrogen (secondary N) is 2. The molecular formula is C19H16BrClFN5O4. The minimum absolute atomic E-state index is 0.0228. The predicted octanol–water partition coefficient (Wildman–Crippen LogP) is 4.80. The molecule has 3 rings (SSSR count). The fourth-order valence-corrected chi connectivity index (χ4v) is 2.69. The Bertz CT molecular complexity index is 1090. The van der Waals surface area contributed by atoms with Crippen molar-refractivity contribution in [1.29, 1.82) is 0 Å². The van der Waals surface area contributed by atoms with E-state index in [9.17, 15) is 9.18 Å². The first-order chi connectivity index (χ1) is 14.7. The topological polar surface area (TPSA) is 111 Å². The van der Waals surface area contributed by atoms with Gasteiger partial charge < -0.3 is 10.1 Å². The van der Waals surface area contributed by atoms with E-state index < -0.39 is 17.3 Å². The van der Waals surface area contributed by atoms with Crippen LogP contribution in [0.3, 0.4) is 0 Å². The van der Waals surface area contributed by atoms with Gasteiger partial charge in [-0.2, -0.15) is 5.48 Å². The largest absolute Gasteiger partial charge is 0.478 e. The van der Waals surface area contributed by atoms with Gasteiger partial charge in [-0.15, -0.1) is 0 Å². The number of carbonyl (C=O) groups excluding carboxylic acids is 1. The van der Waals surface area contributed by atoms with Gasteiger partial charge in [-0.25, -0.2) is 9.02 Å². The average molecular weight is 513 g/mol. The normalized spacial score (nSPS) is 11.4. The molecule has 0 fully saturated rings. The summed E-state index contributed by atoms with van der Waals surface area (Å²) < 4.78 is 23.9. The van der Waals surface area contributed by atoms with Crippen LogP contribution in [-0.2, 0) is 9.73 Å². The van der Waals surface area contributed by atoms with Crippen LogP contribution in [0.2, 0.25) is 5.02 Å². The van der Waals surface area contributed by atoms with E-state index in [1.54, 1.807) is 38.1 Å². The molecule has 0 aliphatic heterocycles. The third kappa shape index (κ3) is 6.15. The number of nitrogens with zero attached hydrogens (tertiary/aromatic N) is 3. The number of oxime groups is 1. The van der Waals surface area contributed by atoms with Crippen LogP contribution in [0.5, 0.6) is 5.75 Å². The highest BCUT2D eigenvalue weighted by Crippen LogP contribution is 2.22. The van der Waals surface area contributed by atoms with Crippen molar-refractivity contribution in [3.63, 3.8) is 0 Å². The van der Waals surface area contributed by atoms with Gasteiger partial charge in [0.25, 0.3) is 5.91 Å². The van der Waals surface area contributed by atoms with Crippen LogP contribution in [0, 0.1) is 5.82 Å². The van der Waals surface area contributed by atoms with E-state index in [0.717, 1.165) is 0 Å². The number of rotatable bonds is 8. The highest BCUT2D eigenvalue weighted by Gasteiger charge is 2.31. The number of amides is 1. The van der Waals surface area contributed by atoms with Gasteiger partial charge in [0.15, 0.2) is 11.3 Å². The van der Waals surface area contributed by atoms with Crippen molar-refractivity contribution < 1.29 is 23.5 Å². The second-order valence-corrected chi connectivity index (χ2v) is 7.87. The molecular weight excluding hydrogens is 497 g/mol. The monoisotopic (exact) mass is 511 g/mol. The number of carbonyl (C=O) groups is 1. The Balaban J connectivity index is 1.58. The zero-order chi connectivity index (χ0) is 22.4. The molecule has 1 aromatic heterocycles. The summed E-state index contributed by atoms with van der Waals surface area (Å²) in [4.78, 5) is 17.6. The molecule has 2 N–H and O–H groups in total. The number of halogens is 3. The molecule has 0 unspecified atom stereocenters. The summed E-state index contributed by atoms with van der Waals surface area (Å²) >= 11 is 8.92. The van der Waals surface area contributed by atoms with Crippen LogP contribution in [-0.4, -0.2) is 28.0 Å². The first-order valence-corrected chi connectivity index (χ1v) is 9.91. The maximum atomic E-state index is 13.2. The van der Waals surface area contributed by atoms with E-state index in [0.29, 0.717) is 16.5 Å². The van der Waals surface area contributed by atoms with E-state index >= 15 is 0 Å². The van der Waals surface area contributed by atoms with Crippen LogP contribution in [0.25, 0.3) is 0 Å². The molecule has 0 atom stereocenters. The van der Waals surface area contributed by atoms with Gasteiger partial charge >= 0.3 is 0 Å². The highest BCUT2D eigenvalue weighted by molar-refractivity contribution is 9.10. The first kappa shape index (κ1) is 22.5. The highest BCUT2D eigenvalue weighted by atomic mass is 79.9. The number of hydrogen-bond donors (Lipinski definition) is 2. The predicted molar refractivity (Wildman–Crippen MR) is 115 cm³/mol. The molecule has 0 aliphatic rings. The molecule has 9 nitrogen and oxygen atoms in total. The smallest absolute Gasteiger partial charge is 0.269 e.